The molecule has 118 heavy (non-hydrogen) atoms. The molecular formula is C102H76BClN12O2. The predicted molar refractivity (Wildman–Crippen MR) is 475 cm³/mol. The molecule has 6 aromatic heterocycles. The van der Waals surface area contributed by atoms with Crippen molar-refractivity contribution in [3.05, 3.63) is 394 Å². The summed E-state index contributed by atoms with van der Waals surface area (Å²) in [5.41, 5.74) is 21.7. The Kier molecular flexibility index (Phi) is 22.3. The van der Waals surface area contributed by atoms with Gasteiger partial charge in [-0.3, -0.25) is 9.97 Å². The zero-order valence-corrected chi connectivity index (χ0v) is 65.8. The van der Waals surface area contributed by atoms with E-state index in [4.69, 9.17) is 70.7 Å². The van der Waals surface area contributed by atoms with E-state index in [2.05, 4.69) is 153 Å². The van der Waals surface area contributed by atoms with Crippen LogP contribution in [0.15, 0.2) is 389 Å². The smallest absolute Gasteiger partial charge is 0.399 e. The average molecular weight is 1550 g/mol. The second-order valence-corrected chi connectivity index (χ2v) is 29.7. The largest absolute Gasteiger partial charge is 0.494 e. The van der Waals surface area contributed by atoms with E-state index in [9.17, 15) is 0 Å². The van der Waals surface area contributed by atoms with Crippen LogP contribution in [0.25, 0.3) is 170 Å². The monoisotopic (exact) mass is 1550 g/mol. The summed E-state index contributed by atoms with van der Waals surface area (Å²) < 4.78 is 12.5. The molecule has 1 aliphatic heterocycles. The predicted octanol–water partition coefficient (Wildman–Crippen LogP) is 23.8. The van der Waals surface area contributed by atoms with Crippen LogP contribution in [0.5, 0.6) is 0 Å². The molecule has 19 rings (SSSR count). The van der Waals surface area contributed by atoms with E-state index in [1.54, 1.807) is 12.4 Å². The molecule has 0 amide bonds. The molecule has 7 heterocycles. The lowest BCUT2D eigenvalue weighted by Gasteiger charge is -2.32. The summed E-state index contributed by atoms with van der Waals surface area (Å²) in [6, 6.07) is 122. The number of rotatable bonds is 16. The average Bonchev–Trinajstić information content (AvgIpc) is 1.62. The Morgan fingerprint density at radius 3 is 0.814 bits per heavy atom. The summed E-state index contributed by atoms with van der Waals surface area (Å²) in [5, 5.41) is 0.701. The number of benzene rings is 12. The quantitative estimate of drug-likeness (QED) is 0.0836. The fraction of sp³-hybridized carbons (Fsp3) is 0.0588. The molecule has 1 aliphatic rings. The lowest BCUT2D eigenvalue weighted by atomic mass is 9.78. The number of hydrogen-bond acceptors (Lipinski definition) is 14. The Morgan fingerprint density at radius 2 is 0.466 bits per heavy atom. The van der Waals surface area contributed by atoms with E-state index < -0.39 is 18.3 Å². The third kappa shape index (κ3) is 17.7. The van der Waals surface area contributed by atoms with Crippen LogP contribution in [0, 0.1) is 0 Å². The SMILES string of the molecule is CC1(C)OB(c2cccc(-c3nc(-c4ccccc4)nc(-c4ccccc4)n3)c2)OC1(C)C.Clc1ccc(-c2cc(-c3ccc(-c4cccnc4)cc3)nc(-c3ccccc3)n2)cc1.c1ccc(-c2nc(-c3ccc(-c4cccnc4)cc3)cc(-c3cccc(-c4ccc(-c5nc(-c6ccccc6)nc(-c6ccccc6)n5)cc4)c3)n2)cc1. The topological polar surface area (TPSA) is 173 Å². The van der Waals surface area contributed by atoms with Crippen molar-refractivity contribution >= 4 is 24.2 Å². The van der Waals surface area contributed by atoms with E-state index >= 15 is 0 Å². The first-order chi connectivity index (χ1) is 57.8. The zero-order chi connectivity index (χ0) is 80.2. The molecular weight excluding hydrogens is 1470 g/mol. The highest BCUT2D eigenvalue weighted by molar-refractivity contribution is 6.62. The normalized spacial score (nSPS) is 12.5. The molecule has 0 atom stereocenters. The van der Waals surface area contributed by atoms with Crippen molar-refractivity contribution in [2.75, 3.05) is 0 Å². The fourth-order valence-corrected chi connectivity index (χ4v) is 13.7. The lowest BCUT2D eigenvalue weighted by Crippen LogP contribution is -2.41. The van der Waals surface area contributed by atoms with E-state index in [1.807, 2.05) is 261 Å². The molecule has 0 bridgehead atoms. The summed E-state index contributed by atoms with van der Waals surface area (Å²) >= 11 is 6.08. The number of pyridine rings is 2. The van der Waals surface area contributed by atoms with Crippen LogP contribution >= 0.6 is 11.6 Å². The van der Waals surface area contributed by atoms with Crippen LogP contribution in [0.3, 0.4) is 0 Å². The van der Waals surface area contributed by atoms with Gasteiger partial charge in [0.1, 0.15) is 0 Å². The third-order valence-electron chi connectivity index (χ3n) is 20.7. The van der Waals surface area contributed by atoms with Crippen molar-refractivity contribution in [2.45, 2.75) is 38.9 Å². The molecule has 0 spiro atoms. The molecule has 1 saturated heterocycles. The summed E-state index contributed by atoms with van der Waals surface area (Å²) in [6.07, 6.45) is 7.31. The van der Waals surface area contributed by atoms with Gasteiger partial charge in [0.15, 0.2) is 46.6 Å². The Bertz CT molecular complexity index is 6330. The van der Waals surface area contributed by atoms with Crippen LogP contribution in [0.1, 0.15) is 27.7 Å². The number of hydrogen-bond donors (Lipinski definition) is 0. The van der Waals surface area contributed by atoms with Crippen molar-refractivity contribution in [3.8, 4) is 170 Å². The summed E-state index contributed by atoms with van der Waals surface area (Å²) in [7, 11) is -0.445. The maximum absolute atomic E-state index is 6.25. The molecule has 0 radical (unpaired) electrons. The number of aromatic nitrogens is 12. The Labute approximate surface area is 691 Å². The molecule has 0 unspecified atom stereocenters. The summed E-state index contributed by atoms with van der Waals surface area (Å²) in [5.74, 6) is 5.16. The van der Waals surface area contributed by atoms with Gasteiger partial charge < -0.3 is 9.31 Å². The Balaban J connectivity index is 0.000000134. The molecule has 0 aliphatic carbocycles. The van der Waals surface area contributed by atoms with Gasteiger partial charge in [0.25, 0.3) is 0 Å². The van der Waals surface area contributed by atoms with Gasteiger partial charge in [-0.2, -0.15) is 0 Å². The zero-order valence-electron chi connectivity index (χ0n) is 65.1. The molecule has 0 saturated carbocycles. The van der Waals surface area contributed by atoms with Crippen molar-refractivity contribution in [1.29, 1.82) is 0 Å². The van der Waals surface area contributed by atoms with Crippen molar-refractivity contribution in [1.82, 2.24) is 59.8 Å². The van der Waals surface area contributed by atoms with Gasteiger partial charge in [0.05, 0.1) is 34.0 Å². The lowest BCUT2D eigenvalue weighted by molar-refractivity contribution is 0.00578. The minimum atomic E-state index is -0.445. The molecule has 0 N–H and O–H groups in total. The van der Waals surface area contributed by atoms with Gasteiger partial charge >= 0.3 is 7.12 Å². The molecule has 1 fully saturated rings. The second kappa shape index (κ2) is 34.6. The van der Waals surface area contributed by atoms with Gasteiger partial charge in [-0.1, -0.05) is 333 Å². The van der Waals surface area contributed by atoms with Gasteiger partial charge in [-0.25, -0.2) is 49.8 Å². The highest BCUT2D eigenvalue weighted by atomic mass is 35.5. The van der Waals surface area contributed by atoms with E-state index in [-0.39, 0.29) is 0 Å². The fourth-order valence-electron chi connectivity index (χ4n) is 13.6. The number of halogens is 1. The molecule has 18 aromatic rings. The summed E-state index contributed by atoms with van der Waals surface area (Å²) in [4.78, 5) is 57.3. The highest BCUT2D eigenvalue weighted by Gasteiger charge is 2.51. The standard InChI is InChI=1S/C48H32N6.C27H26BN3O2.C27H18ClN3/c1-4-12-36(13-5-1)45-50-43(35-25-21-34(22-26-35)42-20-11-29-49-32-42)31-44(51-45)41-19-10-18-40(30-41)33-23-27-39(28-24-33)48-53-46(37-14-6-2-7-15-37)52-47(54-48)38-16-8-3-9-17-38;1-26(2)27(3,4)33-28(32-26)22-17-11-16-21(18-22)25-30-23(19-12-7-5-8-13-19)29-24(31-25)20-14-9-6-10-15-20;28-24-14-12-21(13-15-24)26-17-25(30-27(31-26)22-5-2-1-3-6-22)20-10-8-19(9-11-20)23-7-4-16-29-18-23/h1-32H;5-18H,1-4H3;1-18H. The first-order valence-electron chi connectivity index (χ1n) is 38.9. The van der Waals surface area contributed by atoms with Gasteiger partial charge in [-0.05, 0) is 109 Å². The van der Waals surface area contributed by atoms with Gasteiger partial charge in [0.2, 0.25) is 0 Å². The van der Waals surface area contributed by atoms with Crippen LogP contribution < -0.4 is 5.46 Å². The maximum atomic E-state index is 6.25. The van der Waals surface area contributed by atoms with Gasteiger partial charge in [-0.15, -0.1) is 0 Å². The minimum absolute atomic E-state index is 0.401. The van der Waals surface area contributed by atoms with Crippen molar-refractivity contribution in [3.63, 3.8) is 0 Å². The first-order valence-corrected chi connectivity index (χ1v) is 39.3. The first kappa shape index (κ1) is 76.0. The van der Waals surface area contributed by atoms with Crippen LogP contribution in [0.2, 0.25) is 5.02 Å². The van der Waals surface area contributed by atoms with Crippen molar-refractivity contribution in [2.24, 2.45) is 0 Å². The summed E-state index contributed by atoms with van der Waals surface area (Å²) in [6.45, 7) is 8.23. The van der Waals surface area contributed by atoms with E-state index in [0.29, 0.717) is 51.6 Å². The minimum Gasteiger partial charge on any atom is -0.399 e. The highest BCUT2D eigenvalue weighted by Crippen LogP contribution is 2.39. The maximum Gasteiger partial charge on any atom is 0.494 e. The van der Waals surface area contributed by atoms with E-state index in [0.717, 1.165) is 128 Å². The van der Waals surface area contributed by atoms with Crippen LogP contribution in [0.4, 0.5) is 0 Å². The van der Waals surface area contributed by atoms with Crippen LogP contribution in [-0.4, -0.2) is 78.1 Å². The second-order valence-electron chi connectivity index (χ2n) is 29.2. The number of nitrogens with zero attached hydrogens (tertiary/aromatic N) is 12. The Hall–Kier alpha value is -14.6. The molecule has 16 heteroatoms. The Morgan fingerprint density at radius 1 is 0.212 bits per heavy atom. The molecule has 14 nitrogen and oxygen atoms in total. The van der Waals surface area contributed by atoms with Gasteiger partial charge in [0, 0.05) is 96.6 Å². The van der Waals surface area contributed by atoms with Crippen LogP contribution in [-0.2, 0) is 9.31 Å². The molecule has 566 valence electrons. The van der Waals surface area contributed by atoms with E-state index in [1.165, 1.54) is 0 Å². The third-order valence-corrected chi connectivity index (χ3v) is 21.0. The van der Waals surface area contributed by atoms with Crippen molar-refractivity contribution < 1.29 is 9.31 Å². The molecule has 12 aromatic carbocycles.